The Morgan fingerprint density at radius 2 is 2.06 bits per heavy atom. The van der Waals surface area contributed by atoms with Crippen LogP contribution in [0, 0.1) is 5.41 Å². The van der Waals surface area contributed by atoms with E-state index in [2.05, 4.69) is 29.1 Å². The highest BCUT2D eigenvalue weighted by molar-refractivity contribution is 5.46. The monoisotopic (exact) mass is 246 g/mol. The van der Waals surface area contributed by atoms with Crippen molar-refractivity contribution in [1.29, 1.82) is 0 Å². The van der Waals surface area contributed by atoms with Gasteiger partial charge in [0.05, 0.1) is 0 Å². The summed E-state index contributed by atoms with van der Waals surface area (Å²) in [5.74, 6) is 2.97. The van der Waals surface area contributed by atoms with Crippen molar-refractivity contribution in [3.8, 4) is 0 Å². The van der Waals surface area contributed by atoms with Crippen molar-refractivity contribution in [1.82, 2.24) is 9.97 Å². The van der Waals surface area contributed by atoms with E-state index in [0.717, 1.165) is 11.6 Å². The first-order valence-electron chi connectivity index (χ1n) is 6.95. The van der Waals surface area contributed by atoms with E-state index < -0.39 is 0 Å². The highest BCUT2D eigenvalue weighted by Crippen LogP contribution is 2.40. The zero-order valence-electron chi connectivity index (χ0n) is 11.2. The van der Waals surface area contributed by atoms with E-state index in [9.17, 15) is 0 Å². The summed E-state index contributed by atoms with van der Waals surface area (Å²) < 4.78 is 0. The minimum absolute atomic E-state index is 0.347. The number of nitrogen functional groups attached to an aromatic ring is 1. The van der Waals surface area contributed by atoms with Crippen molar-refractivity contribution < 1.29 is 0 Å². The smallest absolute Gasteiger partial charge is 0.136 e. The lowest BCUT2D eigenvalue weighted by atomic mass is 9.87. The zero-order chi connectivity index (χ0) is 12.8. The second kappa shape index (κ2) is 4.11. The molecule has 98 valence electrons. The fourth-order valence-electron chi connectivity index (χ4n) is 2.86. The van der Waals surface area contributed by atoms with Crippen LogP contribution in [0.15, 0.2) is 6.07 Å². The maximum absolute atomic E-state index is 5.88. The number of hydrogen-bond acceptors (Lipinski definition) is 4. The Hall–Kier alpha value is -1.32. The van der Waals surface area contributed by atoms with Gasteiger partial charge in [0, 0.05) is 18.0 Å². The molecule has 1 atom stereocenters. The van der Waals surface area contributed by atoms with Gasteiger partial charge in [-0.3, -0.25) is 0 Å². The maximum Gasteiger partial charge on any atom is 0.136 e. The summed E-state index contributed by atoms with van der Waals surface area (Å²) in [6, 6.07) is 2.36. The molecule has 3 rings (SSSR count). The van der Waals surface area contributed by atoms with Gasteiger partial charge in [-0.25, -0.2) is 9.97 Å². The average molecular weight is 246 g/mol. The molecule has 0 radical (unpaired) electrons. The summed E-state index contributed by atoms with van der Waals surface area (Å²) in [6.45, 7) is 4.65. The fraction of sp³-hybridized carbons (Fsp3) is 0.714. The molecule has 4 nitrogen and oxygen atoms in total. The van der Waals surface area contributed by atoms with Crippen LogP contribution in [0.2, 0.25) is 0 Å². The molecule has 3 N–H and O–H groups in total. The van der Waals surface area contributed by atoms with Crippen LogP contribution in [-0.2, 0) is 0 Å². The van der Waals surface area contributed by atoms with E-state index in [1.807, 2.05) is 6.07 Å². The van der Waals surface area contributed by atoms with Crippen molar-refractivity contribution in [3.63, 3.8) is 0 Å². The molecule has 1 aromatic heterocycles. The van der Waals surface area contributed by atoms with Gasteiger partial charge >= 0.3 is 0 Å². The molecule has 0 bridgehead atoms. The zero-order valence-corrected chi connectivity index (χ0v) is 11.2. The highest BCUT2D eigenvalue weighted by atomic mass is 15.1. The molecule has 1 unspecified atom stereocenters. The molecule has 2 saturated carbocycles. The van der Waals surface area contributed by atoms with Crippen LogP contribution in [0.3, 0.4) is 0 Å². The molecule has 2 aliphatic carbocycles. The predicted octanol–water partition coefficient (Wildman–Crippen LogP) is 2.93. The molecule has 0 spiro atoms. The van der Waals surface area contributed by atoms with E-state index in [4.69, 9.17) is 5.73 Å². The molecule has 0 saturated heterocycles. The summed E-state index contributed by atoms with van der Waals surface area (Å²) in [7, 11) is 0. The van der Waals surface area contributed by atoms with Crippen LogP contribution in [0.1, 0.15) is 57.7 Å². The quantitative estimate of drug-likeness (QED) is 0.860. The van der Waals surface area contributed by atoms with Gasteiger partial charge < -0.3 is 11.1 Å². The van der Waals surface area contributed by atoms with Crippen molar-refractivity contribution in [2.75, 3.05) is 11.1 Å². The summed E-state index contributed by atoms with van der Waals surface area (Å²) in [5.41, 5.74) is 6.22. The van der Waals surface area contributed by atoms with Crippen LogP contribution < -0.4 is 11.1 Å². The van der Waals surface area contributed by atoms with E-state index in [1.165, 1.54) is 32.1 Å². The Morgan fingerprint density at radius 3 is 2.67 bits per heavy atom. The minimum atomic E-state index is 0.347. The van der Waals surface area contributed by atoms with Gasteiger partial charge in [-0.1, -0.05) is 20.3 Å². The Balaban J connectivity index is 1.79. The van der Waals surface area contributed by atoms with Gasteiger partial charge in [0.2, 0.25) is 0 Å². The van der Waals surface area contributed by atoms with E-state index in [1.54, 1.807) is 0 Å². The van der Waals surface area contributed by atoms with Gasteiger partial charge in [-0.2, -0.15) is 0 Å². The molecular formula is C14H22N4. The SMILES string of the molecule is CC1(C)CCCC1Nc1cc(N)nc(C2CC2)n1. The minimum Gasteiger partial charge on any atom is -0.384 e. The summed E-state index contributed by atoms with van der Waals surface area (Å²) >= 11 is 0. The van der Waals surface area contributed by atoms with Crippen molar-refractivity contribution in [2.45, 2.75) is 57.9 Å². The molecule has 18 heavy (non-hydrogen) atoms. The van der Waals surface area contributed by atoms with Crippen LogP contribution in [0.25, 0.3) is 0 Å². The van der Waals surface area contributed by atoms with Gasteiger partial charge in [-0.15, -0.1) is 0 Å². The number of hydrogen-bond donors (Lipinski definition) is 2. The lowest BCUT2D eigenvalue weighted by Crippen LogP contribution is -2.31. The van der Waals surface area contributed by atoms with Gasteiger partial charge in [0.25, 0.3) is 0 Å². The lowest BCUT2D eigenvalue weighted by Gasteiger charge is -2.28. The van der Waals surface area contributed by atoms with Gasteiger partial charge in [-0.05, 0) is 31.1 Å². The summed E-state index contributed by atoms with van der Waals surface area (Å²) in [6.07, 6.45) is 6.20. The lowest BCUT2D eigenvalue weighted by molar-refractivity contribution is 0.349. The average Bonchev–Trinajstić information content (AvgIpc) is 3.06. The highest BCUT2D eigenvalue weighted by Gasteiger charge is 2.35. The molecule has 2 aliphatic rings. The Bertz CT molecular complexity index is 451. The van der Waals surface area contributed by atoms with Crippen molar-refractivity contribution in [3.05, 3.63) is 11.9 Å². The molecule has 4 heteroatoms. The Labute approximate surface area is 108 Å². The Morgan fingerprint density at radius 1 is 1.28 bits per heavy atom. The van der Waals surface area contributed by atoms with Crippen LogP contribution in [0.4, 0.5) is 11.6 Å². The fourth-order valence-corrected chi connectivity index (χ4v) is 2.86. The number of nitrogens with two attached hydrogens (primary N) is 1. The first-order valence-corrected chi connectivity index (χ1v) is 6.95. The van der Waals surface area contributed by atoms with E-state index >= 15 is 0 Å². The predicted molar refractivity (Wildman–Crippen MR) is 73.5 cm³/mol. The molecule has 0 amide bonds. The molecule has 0 aliphatic heterocycles. The Kier molecular flexibility index (Phi) is 2.68. The van der Waals surface area contributed by atoms with Gasteiger partial charge in [0.15, 0.2) is 0 Å². The molecular weight excluding hydrogens is 224 g/mol. The first kappa shape index (κ1) is 11.8. The molecule has 0 aromatic carbocycles. The number of nitrogens with one attached hydrogen (secondary N) is 1. The first-order chi connectivity index (χ1) is 8.54. The van der Waals surface area contributed by atoms with E-state index in [-0.39, 0.29) is 0 Å². The van der Waals surface area contributed by atoms with Crippen LogP contribution in [-0.4, -0.2) is 16.0 Å². The maximum atomic E-state index is 5.88. The number of nitrogens with zero attached hydrogens (tertiary/aromatic N) is 2. The number of anilines is 2. The summed E-state index contributed by atoms with van der Waals surface area (Å²) in [5, 5.41) is 3.56. The molecule has 2 fully saturated rings. The largest absolute Gasteiger partial charge is 0.384 e. The van der Waals surface area contributed by atoms with Crippen LogP contribution in [0.5, 0.6) is 0 Å². The third-order valence-electron chi connectivity index (χ3n) is 4.29. The second-order valence-corrected chi connectivity index (χ2v) is 6.39. The topological polar surface area (TPSA) is 63.8 Å². The third-order valence-corrected chi connectivity index (χ3v) is 4.29. The van der Waals surface area contributed by atoms with Crippen molar-refractivity contribution >= 4 is 11.6 Å². The van der Waals surface area contributed by atoms with Crippen LogP contribution >= 0.6 is 0 Å². The number of rotatable bonds is 3. The summed E-state index contributed by atoms with van der Waals surface area (Å²) in [4.78, 5) is 8.96. The third kappa shape index (κ3) is 2.28. The normalized spacial score (nSPS) is 26.2. The second-order valence-electron chi connectivity index (χ2n) is 6.39. The van der Waals surface area contributed by atoms with Gasteiger partial charge in [0.1, 0.15) is 17.5 Å². The standard InChI is InChI=1S/C14H22N4/c1-14(2)7-3-4-10(14)16-12-8-11(15)17-13(18-12)9-5-6-9/h8-10H,3-7H2,1-2H3,(H3,15,16,17,18). The molecule has 1 aromatic rings. The number of aromatic nitrogens is 2. The van der Waals surface area contributed by atoms with E-state index in [0.29, 0.717) is 23.2 Å². The van der Waals surface area contributed by atoms with Crippen molar-refractivity contribution in [2.24, 2.45) is 5.41 Å². The molecule has 1 heterocycles.